The molecule has 1 heterocycles. The third kappa shape index (κ3) is 4.71. The second kappa shape index (κ2) is 6.57. The van der Waals surface area contributed by atoms with Crippen LogP contribution in [0.5, 0.6) is 0 Å². The Kier molecular flexibility index (Phi) is 5.38. The van der Waals surface area contributed by atoms with Crippen LogP contribution in [0.4, 0.5) is 5.69 Å². The molecule has 0 bridgehead atoms. The van der Waals surface area contributed by atoms with Crippen molar-refractivity contribution in [2.45, 2.75) is 20.3 Å². The number of nitrogens with two attached hydrogens (primary N) is 1. The molecular weight excluding hydrogens is 238 g/mol. The topological polar surface area (TPSA) is 68.0 Å². The number of hydrogen-bond donors (Lipinski definition) is 2. The van der Waals surface area contributed by atoms with Crippen LogP contribution in [0.25, 0.3) is 0 Å². The second-order valence-corrected chi connectivity index (χ2v) is 4.81. The number of anilines is 1. The van der Waals surface area contributed by atoms with Gasteiger partial charge in [0.1, 0.15) is 5.15 Å². The molecule has 0 aliphatic carbocycles. The summed E-state index contributed by atoms with van der Waals surface area (Å²) < 4.78 is 0. The quantitative estimate of drug-likeness (QED) is 0.794. The summed E-state index contributed by atoms with van der Waals surface area (Å²) in [7, 11) is 0. The van der Waals surface area contributed by atoms with E-state index in [0.717, 1.165) is 6.42 Å². The highest BCUT2D eigenvalue weighted by Gasteiger charge is 2.18. The molecule has 0 aliphatic heterocycles. The lowest BCUT2D eigenvalue weighted by molar-refractivity contribution is -0.120. The summed E-state index contributed by atoms with van der Waals surface area (Å²) in [5, 5.41) is 3.19. The predicted octanol–water partition coefficient (Wildman–Crippen LogP) is 2.29. The highest BCUT2D eigenvalue weighted by atomic mass is 35.5. The highest BCUT2D eigenvalue weighted by molar-refractivity contribution is 6.29. The predicted molar refractivity (Wildman–Crippen MR) is 69.9 cm³/mol. The van der Waals surface area contributed by atoms with E-state index in [0.29, 0.717) is 23.3 Å². The minimum absolute atomic E-state index is 0.0645. The third-order valence-corrected chi connectivity index (χ3v) is 2.63. The molecule has 0 aromatic carbocycles. The number of rotatable bonds is 5. The summed E-state index contributed by atoms with van der Waals surface area (Å²) in [5.41, 5.74) is 6.24. The van der Waals surface area contributed by atoms with Gasteiger partial charge in [0.05, 0.1) is 17.8 Å². The van der Waals surface area contributed by atoms with E-state index in [1.165, 1.54) is 6.20 Å². The van der Waals surface area contributed by atoms with E-state index in [1.54, 1.807) is 12.1 Å². The van der Waals surface area contributed by atoms with E-state index < -0.39 is 0 Å². The average Bonchev–Trinajstić information content (AvgIpc) is 2.28. The normalized spacial score (nSPS) is 12.5. The molecule has 0 spiro atoms. The zero-order valence-corrected chi connectivity index (χ0v) is 10.9. The van der Waals surface area contributed by atoms with Gasteiger partial charge in [0, 0.05) is 6.54 Å². The van der Waals surface area contributed by atoms with E-state index in [-0.39, 0.29) is 11.8 Å². The molecule has 94 valence electrons. The standard InChI is InChI=1S/C12H18ClN3O/c1-8(2)5-9(6-14)12(17)16-10-3-4-11(13)15-7-10/h3-4,7-9H,5-6,14H2,1-2H3,(H,16,17). The van der Waals surface area contributed by atoms with Gasteiger partial charge in [0.2, 0.25) is 5.91 Å². The first kappa shape index (κ1) is 13.9. The van der Waals surface area contributed by atoms with Crippen LogP contribution in [-0.2, 0) is 4.79 Å². The second-order valence-electron chi connectivity index (χ2n) is 4.42. The smallest absolute Gasteiger partial charge is 0.228 e. The fraction of sp³-hybridized carbons (Fsp3) is 0.500. The van der Waals surface area contributed by atoms with E-state index in [2.05, 4.69) is 24.1 Å². The van der Waals surface area contributed by atoms with Gasteiger partial charge in [-0.15, -0.1) is 0 Å². The first-order valence-electron chi connectivity index (χ1n) is 5.65. The summed E-state index contributed by atoms with van der Waals surface area (Å²) in [4.78, 5) is 15.8. The molecule has 4 nitrogen and oxygen atoms in total. The maximum Gasteiger partial charge on any atom is 0.228 e. The van der Waals surface area contributed by atoms with Crippen LogP contribution in [-0.4, -0.2) is 17.4 Å². The van der Waals surface area contributed by atoms with Crippen molar-refractivity contribution in [3.05, 3.63) is 23.5 Å². The number of pyridine rings is 1. The molecule has 1 amide bonds. The van der Waals surface area contributed by atoms with Crippen molar-refractivity contribution in [2.75, 3.05) is 11.9 Å². The van der Waals surface area contributed by atoms with Crippen LogP contribution in [0, 0.1) is 11.8 Å². The van der Waals surface area contributed by atoms with E-state index in [9.17, 15) is 4.79 Å². The fourth-order valence-corrected chi connectivity index (χ4v) is 1.69. The van der Waals surface area contributed by atoms with Crippen LogP contribution in [0.1, 0.15) is 20.3 Å². The zero-order valence-electron chi connectivity index (χ0n) is 10.1. The fourth-order valence-electron chi connectivity index (χ4n) is 1.57. The van der Waals surface area contributed by atoms with Crippen molar-refractivity contribution in [2.24, 2.45) is 17.6 Å². The lowest BCUT2D eigenvalue weighted by Gasteiger charge is -2.16. The molecule has 0 aliphatic rings. The molecule has 0 saturated heterocycles. The molecule has 0 fully saturated rings. The molecule has 17 heavy (non-hydrogen) atoms. The van der Waals surface area contributed by atoms with Gasteiger partial charge in [-0.1, -0.05) is 25.4 Å². The van der Waals surface area contributed by atoms with Gasteiger partial charge in [-0.2, -0.15) is 0 Å². The number of halogens is 1. The monoisotopic (exact) mass is 255 g/mol. The lowest BCUT2D eigenvalue weighted by atomic mass is 9.96. The maximum atomic E-state index is 11.9. The molecule has 1 rings (SSSR count). The van der Waals surface area contributed by atoms with E-state index in [1.807, 2.05) is 0 Å². The van der Waals surface area contributed by atoms with Gasteiger partial charge in [-0.3, -0.25) is 4.79 Å². The number of carbonyl (C=O) groups is 1. The van der Waals surface area contributed by atoms with Crippen molar-refractivity contribution in [3.8, 4) is 0 Å². The highest BCUT2D eigenvalue weighted by Crippen LogP contribution is 2.15. The van der Waals surface area contributed by atoms with E-state index >= 15 is 0 Å². The Bertz CT molecular complexity index is 365. The first-order valence-corrected chi connectivity index (χ1v) is 6.03. The van der Waals surface area contributed by atoms with Crippen LogP contribution in [0.3, 0.4) is 0 Å². The van der Waals surface area contributed by atoms with Crippen molar-refractivity contribution in [1.29, 1.82) is 0 Å². The average molecular weight is 256 g/mol. The molecule has 3 N–H and O–H groups in total. The number of nitrogens with one attached hydrogen (secondary N) is 1. The molecule has 1 aromatic rings. The maximum absolute atomic E-state index is 11.9. The van der Waals surface area contributed by atoms with Crippen LogP contribution in [0.15, 0.2) is 18.3 Å². The number of hydrogen-bond acceptors (Lipinski definition) is 3. The van der Waals surface area contributed by atoms with Gasteiger partial charge in [0.25, 0.3) is 0 Å². The SMILES string of the molecule is CC(C)CC(CN)C(=O)Nc1ccc(Cl)nc1. The number of nitrogens with zero attached hydrogens (tertiary/aromatic N) is 1. The largest absolute Gasteiger partial charge is 0.330 e. The summed E-state index contributed by atoms with van der Waals surface area (Å²) in [5.74, 6) is 0.216. The Morgan fingerprint density at radius 2 is 2.24 bits per heavy atom. The molecule has 1 unspecified atom stereocenters. The van der Waals surface area contributed by atoms with Gasteiger partial charge >= 0.3 is 0 Å². The van der Waals surface area contributed by atoms with Crippen LogP contribution in [0.2, 0.25) is 5.15 Å². The number of aromatic nitrogens is 1. The Morgan fingerprint density at radius 1 is 1.53 bits per heavy atom. The third-order valence-electron chi connectivity index (χ3n) is 2.41. The Balaban J connectivity index is 2.60. The van der Waals surface area contributed by atoms with Crippen LogP contribution < -0.4 is 11.1 Å². The summed E-state index contributed by atoms with van der Waals surface area (Å²) in [6, 6.07) is 3.35. The Labute approximate surface area is 107 Å². The van der Waals surface area contributed by atoms with Gasteiger partial charge in [-0.05, 0) is 24.5 Å². The van der Waals surface area contributed by atoms with Gasteiger partial charge < -0.3 is 11.1 Å². The zero-order chi connectivity index (χ0) is 12.8. The minimum atomic E-state index is -0.161. The molecule has 5 heteroatoms. The lowest BCUT2D eigenvalue weighted by Crippen LogP contribution is -2.30. The van der Waals surface area contributed by atoms with Crippen molar-refractivity contribution in [1.82, 2.24) is 4.98 Å². The molecule has 1 atom stereocenters. The minimum Gasteiger partial charge on any atom is -0.330 e. The molecular formula is C12H18ClN3O. The number of amides is 1. The Hall–Kier alpha value is -1.13. The van der Waals surface area contributed by atoms with Gasteiger partial charge in [0.15, 0.2) is 0 Å². The van der Waals surface area contributed by atoms with Crippen molar-refractivity contribution in [3.63, 3.8) is 0 Å². The van der Waals surface area contributed by atoms with E-state index in [4.69, 9.17) is 17.3 Å². The van der Waals surface area contributed by atoms with Crippen molar-refractivity contribution < 1.29 is 4.79 Å². The van der Waals surface area contributed by atoms with Crippen LogP contribution >= 0.6 is 11.6 Å². The van der Waals surface area contributed by atoms with Crippen molar-refractivity contribution >= 4 is 23.2 Å². The summed E-state index contributed by atoms with van der Waals surface area (Å²) in [6.07, 6.45) is 2.31. The van der Waals surface area contributed by atoms with Gasteiger partial charge in [-0.25, -0.2) is 4.98 Å². The summed E-state index contributed by atoms with van der Waals surface area (Å²) >= 11 is 5.66. The summed E-state index contributed by atoms with van der Waals surface area (Å²) in [6.45, 7) is 4.49. The molecule has 0 radical (unpaired) electrons. The number of carbonyl (C=O) groups excluding carboxylic acids is 1. The molecule has 1 aromatic heterocycles. The first-order chi connectivity index (χ1) is 8.02. The molecule has 0 saturated carbocycles. The Morgan fingerprint density at radius 3 is 2.71 bits per heavy atom.